The minimum absolute atomic E-state index is 0.155. The molecule has 0 unspecified atom stereocenters. The van der Waals surface area contributed by atoms with Crippen LogP contribution in [0.1, 0.15) is 24.5 Å². The zero-order valence-electron chi connectivity index (χ0n) is 11.5. The van der Waals surface area contributed by atoms with E-state index in [1.54, 1.807) is 17.0 Å². The Kier molecular flexibility index (Phi) is 3.63. The van der Waals surface area contributed by atoms with Crippen molar-refractivity contribution in [3.63, 3.8) is 0 Å². The van der Waals surface area contributed by atoms with Crippen molar-refractivity contribution in [2.75, 3.05) is 19.7 Å². The van der Waals surface area contributed by atoms with E-state index in [0.29, 0.717) is 37.6 Å². The number of morpholine rings is 1. The van der Waals surface area contributed by atoms with Gasteiger partial charge in [-0.05, 0) is 30.5 Å². The van der Waals surface area contributed by atoms with E-state index in [0.717, 1.165) is 5.56 Å². The van der Waals surface area contributed by atoms with Gasteiger partial charge in [0, 0.05) is 11.6 Å². The lowest BCUT2D eigenvalue weighted by molar-refractivity contribution is -0.149. The third kappa shape index (κ3) is 2.63. The van der Waals surface area contributed by atoms with Gasteiger partial charge in [-0.2, -0.15) is 0 Å². The number of carbonyl (C=O) groups excluding carboxylic acids is 2. The highest BCUT2D eigenvalue weighted by Gasteiger charge is 2.57. The molecule has 6 heteroatoms. The number of amides is 2. The fourth-order valence-electron chi connectivity index (χ4n) is 2.71. The topological polar surface area (TPSA) is 72.6 Å². The van der Waals surface area contributed by atoms with Crippen LogP contribution in [-0.4, -0.2) is 36.4 Å². The van der Waals surface area contributed by atoms with Gasteiger partial charge in [0.1, 0.15) is 11.5 Å². The second kappa shape index (κ2) is 5.31. The van der Waals surface area contributed by atoms with Crippen LogP contribution in [0.25, 0.3) is 0 Å². The molecule has 1 aromatic carbocycles. The molecule has 1 saturated carbocycles. The molecule has 2 N–H and O–H groups in total. The number of halogens is 1. The Labute approximate surface area is 128 Å². The van der Waals surface area contributed by atoms with Gasteiger partial charge in [0.2, 0.25) is 11.8 Å². The van der Waals surface area contributed by atoms with Crippen LogP contribution in [0.5, 0.6) is 0 Å². The molecule has 0 spiro atoms. The normalized spacial score (nSPS) is 23.7. The number of primary amides is 1. The zero-order valence-corrected chi connectivity index (χ0v) is 12.3. The third-order valence-corrected chi connectivity index (χ3v) is 4.48. The Hall–Kier alpha value is -1.59. The summed E-state index contributed by atoms with van der Waals surface area (Å²) < 4.78 is 5.72. The number of carbonyl (C=O) groups is 2. The summed E-state index contributed by atoms with van der Waals surface area (Å²) in [5.74, 6) is -0.667. The number of benzene rings is 1. The molecule has 2 amide bonds. The molecule has 1 aliphatic heterocycles. The second-order valence-corrected chi connectivity index (χ2v) is 6.04. The molecule has 1 saturated heterocycles. The first kappa shape index (κ1) is 14.4. The first-order valence-electron chi connectivity index (χ1n) is 6.99. The molecule has 2 aliphatic rings. The average molecular weight is 309 g/mol. The molecule has 0 aromatic heterocycles. The number of hydrogen-bond donors (Lipinski definition) is 1. The number of hydrogen-bond acceptors (Lipinski definition) is 3. The van der Waals surface area contributed by atoms with Crippen molar-refractivity contribution in [1.29, 1.82) is 0 Å². The summed E-state index contributed by atoms with van der Waals surface area (Å²) in [7, 11) is 0. The molecule has 1 heterocycles. The van der Waals surface area contributed by atoms with E-state index < -0.39 is 11.3 Å². The first-order chi connectivity index (χ1) is 10.0. The van der Waals surface area contributed by atoms with E-state index in [1.807, 2.05) is 12.1 Å². The summed E-state index contributed by atoms with van der Waals surface area (Å²) >= 11 is 5.88. The Bertz CT molecular complexity index is 569. The maximum absolute atomic E-state index is 12.5. The van der Waals surface area contributed by atoms with Crippen molar-refractivity contribution in [2.45, 2.75) is 18.9 Å². The molecule has 1 aromatic rings. The highest BCUT2D eigenvalue weighted by Crippen LogP contribution is 2.47. The molecule has 0 radical (unpaired) electrons. The van der Waals surface area contributed by atoms with Gasteiger partial charge < -0.3 is 15.4 Å². The SMILES string of the molecule is NC(=O)C1(C(=O)N2CCO[C@H](c3ccc(Cl)cc3)C2)CC1. The Morgan fingerprint density at radius 2 is 1.95 bits per heavy atom. The highest BCUT2D eigenvalue weighted by atomic mass is 35.5. The molecule has 0 bridgehead atoms. The van der Waals surface area contributed by atoms with Crippen molar-refractivity contribution < 1.29 is 14.3 Å². The molecule has 112 valence electrons. The Morgan fingerprint density at radius 3 is 2.52 bits per heavy atom. The molecule has 5 nitrogen and oxygen atoms in total. The van der Waals surface area contributed by atoms with E-state index in [9.17, 15) is 9.59 Å². The third-order valence-electron chi connectivity index (χ3n) is 4.23. The van der Waals surface area contributed by atoms with Gasteiger partial charge in [-0.1, -0.05) is 23.7 Å². The molecule has 21 heavy (non-hydrogen) atoms. The van der Waals surface area contributed by atoms with Crippen LogP contribution < -0.4 is 5.73 Å². The highest BCUT2D eigenvalue weighted by molar-refractivity contribution is 6.30. The summed E-state index contributed by atoms with van der Waals surface area (Å²) in [4.78, 5) is 25.7. The lowest BCUT2D eigenvalue weighted by atomic mass is 10.0. The molecule has 1 aliphatic carbocycles. The number of nitrogens with zero attached hydrogens (tertiary/aromatic N) is 1. The van der Waals surface area contributed by atoms with E-state index in [4.69, 9.17) is 22.1 Å². The number of ether oxygens (including phenoxy) is 1. The summed E-state index contributed by atoms with van der Waals surface area (Å²) in [6, 6.07) is 7.38. The van der Waals surface area contributed by atoms with E-state index >= 15 is 0 Å². The fourth-order valence-corrected chi connectivity index (χ4v) is 2.83. The average Bonchev–Trinajstić information content (AvgIpc) is 3.29. The minimum atomic E-state index is -0.956. The smallest absolute Gasteiger partial charge is 0.238 e. The van der Waals surface area contributed by atoms with Gasteiger partial charge in [-0.3, -0.25) is 9.59 Å². The fraction of sp³-hybridized carbons (Fsp3) is 0.467. The van der Waals surface area contributed by atoms with E-state index in [2.05, 4.69) is 0 Å². The van der Waals surface area contributed by atoms with Crippen molar-refractivity contribution >= 4 is 23.4 Å². The zero-order chi connectivity index (χ0) is 15.0. The van der Waals surface area contributed by atoms with Gasteiger partial charge in [-0.25, -0.2) is 0 Å². The summed E-state index contributed by atoms with van der Waals surface area (Å²) in [5, 5.41) is 0.660. The van der Waals surface area contributed by atoms with Crippen molar-refractivity contribution in [2.24, 2.45) is 11.1 Å². The van der Waals surface area contributed by atoms with Crippen LogP contribution in [0.2, 0.25) is 5.02 Å². The van der Waals surface area contributed by atoms with Crippen LogP contribution in [0.3, 0.4) is 0 Å². The van der Waals surface area contributed by atoms with Crippen LogP contribution in [0.4, 0.5) is 0 Å². The Balaban J connectivity index is 1.73. The minimum Gasteiger partial charge on any atom is -0.370 e. The summed E-state index contributed by atoms with van der Waals surface area (Å²) in [5.41, 5.74) is 5.39. The lowest BCUT2D eigenvalue weighted by Crippen LogP contribution is -2.48. The molecule has 2 fully saturated rings. The second-order valence-electron chi connectivity index (χ2n) is 5.61. The van der Waals surface area contributed by atoms with Gasteiger partial charge in [-0.15, -0.1) is 0 Å². The molecular weight excluding hydrogens is 292 g/mol. The monoisotopic (exact) mass is 308 g/mol. The van der Waals surface area contributed by atoms with Gasteiger partial charge in [0.25, 0.3) is 0 Å². The van der Waals surface area contributed by atoms with Crippen LogP contribution >= 0.6 is 11.6 Å². The molecule has 3 rings (SSSR count). The van der Waals surface area contributed by atoms with Gasteiger partial charge in [0.15, 0.2) is 0 Å². The largest absolute Gasteiger partial charge is 0.370 e. The predicted octanol–water partition coefficient (Wildman–Crippen LogP) is 1.51. The summed E-state index contributed by atoms with van der Waals surface area (Å²) in [6.07, 6.45) is 0.928. The van der Waals surface area contributed by atoms with Crippen molar-refractivity contribution in [3.8, 4) is 0 Å². The van der Waals surface area contributed by atoms with Crippen LogP contribution in [0.15, 0.2) is 24.3 Å². The Morgan fingerprint density at radius 1 is 1.29 bits per heavy atom. The van der Waals surface area contributed by atoms with E-state index in [1.165, 1.54) is 0 Å². The first-order valence-corrected chi connectivity index (χ1v) is 7.37. The number of nitrogens with two attached hydrogens (primary N) is 1. The van der Waals surface area contributed by atoms with Crippen LogP contribution in [-0.2, 0) is 14.3 Å². The maximum atomic E-state index is 12.5. The molecular formula is C15H17ClN2O3. The van der Waals surface area contributed by atoms with E-state index in [-0.39, 0.29) is 12.0 Å². The van der Waals surface area contributed by atoms with Gasteiger partial charge >= 0.3 is 0 Å². The van der Waals surface area contributed by atoms with Crippen LogP contribution in [0, 0.1) is 5.41 Å². The maximum Gasteiger partial charge on any atom is 0.238 e. The number of rotatable bonds is 3. The van der Waals surface area contributed by atoms with Crippen molar-refractivity contribution in [1.82, 2.24) is 4.90 Å². The van der Waals surface area contributed by atoms with Gasteiger partial charge in [0.05, 0.1) is 13.2 Å². The quantitative estimate of drug-likeness (QED) is 0.860. The molecule has 1 atom stereocenters. The standard InChI is InChI=1S/C15H17ClN2O3/c16-11-3-1-10(2-4-11)12-9-18(7-8-21-12)14(20)15(5-6-15)13(17)19/h1-4,12H,5-9H2,(H2,17,19)/t12-/m0/s1. The predicted molar refractivity (Wildman–Crippen MR) is 77.6 cm³/mol. The lowest BCUT2D eigenvalue weighted by Gasteiger charge is -2.34. The summed E-state index contributed by atoms with van der Waals surface area (Å²) in [6.45, 7) is 1.39. The van der Waals surface area contributed by atoms with Crippen molar-refractivity contribution in [3.05, 3.63) is 34.9 Å².